The van der Waals surface area contributed by atoms with E-state index in [4.69, 9.17) is 8.92 Å². The Morgan fingerprint density at radius 2 is 1.68 bits per heavy atom. The summed E-state index contributed by atoms with van der Waals surface area (Å²) in [6.45, 7) is 5.04. The fraction of sp³-hybridized carbons (Fsp3) is 0.571. The van der Waals surface area contributed by atoms with Crippen molar-refractivity contribution in [3.8, 4) is 0 Å². The predicted octanol–water partition coefficient (Wildman–Crippen LogP) is 2.91. The van der Waals surface area contributed by atoms with Gasteiger partial charge >= 0.3 is 0 Å². The second-order valence-corrected chi connectivity index (χ2v) is 6.02. The number of hydrogen-bond acceptors (Lipinski definition) is 4. The maximum absolute atomic E-state index is 11.8. The highest BCUT2D eigenvalue weighted by atomic mass is 32.2. The fourth-order valence-electron chi connectivity index (χ4n) is 1.53. The highest BCUT2D eigenvalue weighted by Gasteiger charge is 2.14. The molecule has 0 saturated heterocycles. The molecular formula is C14H22O4S. The zero-order chi connectivity index (χ0) is 14.1. The van der Waals surface area contributed by atoms with Crippen molar-refractivity contribution < 1.29 is 17.3 Å². The van der Waals surface area contributed by atoms with Crippen molar-refractivity contribution in [3.05, 3.63) is 29.8 Å². The first kappa shape index (κ1) is 16.1. The van der Waals surface area contributed by atoms with Gasteiger partial charge in [0.15, 0.2) is 0 Å². The summed E-state index contributed by atoms with van der Waals surface area (Å²) in [6.07, 6.45) is 3.27. The Morgan fingerprint density at radius 3 is 2.32 bits per heavy atom. The largest absolute Gasteiger partial charge is 0.379 e. The smallest absolute Gasteiger partial charge is 0.297 e. The molecule has 0 saturated carbocycles. The molecule has 1 rings (SSSR count). The monoisotopic (exact) mass is 286 g/mol. The Bertz CT molecular complexity index is 451. The average Bonchev–Trinajstić information content (AvgIpc) is 2.38. The van der Waals surface area contributed by atoms with Gasteiger partial charge in [0, 0.05) is 6.61 Å². The molecule has 0 fully saturated rings. The van der Waals surface area contributed by atoms with Crippen LogP contribution in [-0.4, -0.2) is 28.2 Å². The first-order valence-corrected chi connectivity index (χ1v) is 8.01. The van der Waals surface area contributed by atoms with Gasteiger partial charge < -0.3 is 4.74 Å². The Morgan fingerprint density at radius 1 is 1.00 bits per heavy atom. The van der Waals surface area contributed by atoms with E-state index in [1.165, 1.54) is 0 Å². The van der Waals surface area contributed by atoms with Gasteiger partial charge in [-0.25, -0.2) is 0 Å². The number of hydrogen-bond donors (Lipinski definition) is 0. The molecule has 0 bridgehead atoms. The first-order chi connectivity index (χ1) is 9.06. The van der Waals surface area contributed by atoms with Crippen LogP contribution >= 0.6 is 0 Å². The highest BCUT2D eigenvalue weighted by Crippen LogP contribution is 2.12. The zero-order valence-corrected chi connectivity index (χ0v) is 12.4. The fourth-order valence-corrected chi connectivity index (χ4v) is 2.42. The van der Waals surface area contributed by atoms with E-state index in [0.717, 1.165) is 24.8 Å². The molecule has 0 heterocycles. The highest BCUT2D eigenvalue weighted by molar-refractivity contribution is 7.86. The minimum atomic E-state index is -3.65. The van der Waals surface area contributed by atoms with E-state index in [1.807, 2.05) is 6.92 Å². The molecule has 5 heteroatoms. The molecule has 4 nitrogen and oxygen atoms in total. The maximum atomic E-state index is 11.8. The summed E-state index contributed by atoms with van der Waals surface area (Å²) >= 11 is 0. The topological polar surface area (TPSA) is 52.6 Å². The molecule has 1 aromatic rings. The van der Waals surface area contributed by atoms with Gasteiger partial charge in [-0.1, -0.05) is 37.5 Å². The van der Waals surface area contributed by atoms with Crippen molar-refractivity contribution >= 4 is 10.1 Å². The molecule has 0 aliphatic rings. The van der Waals surface area contributed by atoms with Gasteiger partial charge in [0.1, 0.15) is 0 Å². The van der Waals surface area contributed by atoms with Crippen LogP contribution in [0, 0.1) is 6.92 Å². The summed E-state index contributed by atoms with van der Waals surface area (Å²) in [4.78, 5) is 0.184. The Balaban J connectivity index is 2.29. The standard InChI is InChI=1S/C14H22O4S/c1-3-4-5-10-17-11-12-18-19(15,16)14-8-6-13(2)7-9-14/h6-9H,3-5,10-12H2,1-2H3. The molecule has 108 valence electrons. The molecule has 0 atom stereocenters. The van der Waals surface area contributed by atoms with Crippen LogP contribution in [0.5, 0.6) is 0 Å². The number of ether oxygens (including phenoxy) is 1. The van der Waals surface area contributed by atoms with Crippen LogP contribution < -0.4 is 0 Å². The van der Waals surface area contributed by atoms with Crippen LogP contribution in [0.1, 0.15) is 31.7 Å². The van der Waals surface area contributed by atoms with E-state index in [-0.39, 0.29) is 11.5 Å². The third-order valence-electron chi connectivity index (χ3n) is 2.67. The summed E-state index contributed by atoms with van der Waals surface area (Å²) in [6, 6.07) is 6.59. The van der Waals surface area contributed by atoms with Crippen molar-refractivity contribution in [2.45, 2.75) is 38.0 Å². The van der Waals surface area contributed by atoms with Crippen LogP contribution in [0.25, 0.3) is 0 Å². The normalized spacial score (nSPS) is 11.7. The SMILES string of the molecule is CCCCCOCCOS(=O)(=O)c1ccc(C)cc1. The second-order valence-electron chi connectivity index (χ2n) is 4.41. The number of aryl methyl sites for hydroxylation is 1. The molecule has 0 unspecified atom stereocenters. The summed E-state index contributed by atoms with van der Waals surface area (Å²) < 4.78 is 33.8. The number of unbranched alkanes of at least 4 members (excludes halogenated alkanes) is 2. The zero-order valence-electron chi connectivity index (χ0n) is 11.6. The van der Waals surface area contributed by atoms with Crippen LogP contribution in [0.4, 0.5) is 0 Å². The third kappa shape index (κ3) is 6.18. The number of benzene rings is 1. The number of rotatable bonds is 9. The van der Waals surface area contributed by atoms with Gasteiger partial charge in [0.05, 0.1) is 18.1 Å². The minimum absolute atomic E-state index is 0.0579. The van der Waals surface area contributed by atoms with E-state index in [0.29, 0.717) is 13.2 Å². The first-order valence-electron chi connectivity index (χ1n) is 6.60. The van der Waals surface area contributed by atoms with Gasteiger partial charge in [-0.15, -0.1) is 0 Å². The maximum Gasteiger partial charge on any atom is 0.297 e. The molecule has 0 aliphatic heterocycles. The van der Waals surface area contributed by atoms with Crippen LogP contribution in [0.15, 0.2) is 29.2 Å². The molecule has 19 heavy (non-hydrogen) atoms. The van der Waals surface area contributed by atoms with E-state index >= 15 is 0 Å². The lowest BCUT2D eigenvalue weighted by molar-refractivity contribution is 0.0992. The predicted molar refractivity (Wildman–Crippen MR) is 74.7 cm³/mol. The molecule has 0 radical (unpaired) electrons. The van der Waals surface area contributed by atoms with Gasteiger partial charge in [0.2, 0.25) is 0 Å². The lowest BCUT2D eigenvalue weighted by Gasteiger charge is -2.06. The van der Waals surface area contributed by atoms with E-state index in [2.05, 4.69) is 6.92 Å². The summed E-state index contributed by atoms with van der Waals surface area (Å²) in [5, 5.41) is 0. The molecule has 0 aliphatic carbocycles. The van der Waals surface area contributed by atoms with Crippen LogP contribution in [0.3, 0.4) is 0 Å². The van der Waals surface area contributed by atoms with Crippen molar-refractivity contribution in [2.75, 3.05) is 19.8 Å². The Labute approximate surface area is 115 Å². The quantitative estimate of drug-likeness (QED) is 0.517. The van der Waals surface area contributed by atoms with Gasteiger partial charge in [-0.3, -0.25) is 4.18 Å². The van der Waals surface area contributed by atoms with Gasteiger partial charge in [-0.05, 0) is 25.5 Å². The van der Waals surface area contributed by atoms with Gasteiger partial charge in [0.25, 0.3) is 10.1 Å². The van der Waals surface area contributed by atoms with E-state index in [9.17, 15) is 8.42 Å². The lowest BCUT2D eigenvalue weighted by Crippen LogP contribution is -2.12. The minimum Gasteiger partial charge on any atom is -0.379 e. The van der Waals surface area contributed by atoms with Crippen molar-refractivity contribution in [3.63, 3.8) is 0 Å². The summed E-state index contributed by atoms with van der Waals surface area (Å²) in [7, 11) is -3.65. The lowest BCUT2D eigenvalue weighted by atomic mass is 10.2. The summed E-state index contributed by atoms with van der Waals surface area (Å²) in [5.41, 5.74) is 1.01. The van der Waals surface area contributed by atoms with E-state index < -0.39 is 10.1 Å². The molecule has 1 aromatic carbocycles. The van der Waals surface area contributed by atoms with Crippen molar-refractivity contribution in [2.24, 2.45) is 0 Å². The second kappa shape index (κ2) is 8.30. The summed E-state index contributed by atoms with van der Waals surface area (Å²) in [5.74, 6) is 0. The van der Waals surface area contributed by atoms with Crippen LogP contribution in [0.2, 0.25) is 0 Å². The average molecular weight is 286 g/mol. The third-order valence-corrected chi connectivity index (χ3v) is 3.99. The molecular weight excluding hydrogens is 264 g/mol. The Hall–Kier alpha value is -0.910. The van der Waals surface area contributed by atoms with E-state index in [1.54, 1.807) is 24.3 Å². The van der Waals surface area contributed by atoms with Crippen molar-refractivity contribution in [1.82, 2.24) is 0 Å². The molecule has 0 amide bonds. The Kier molecular flexibility index (Phi) is 7.05. The molecule has 0 spiro atoms. The van der Waals surface area contributed by atoms with Gasteiger partial charge in [-0.2, -0.15) is 8.42 Å². The van der Waals surface area contributed by atoms with Crippen LogP contribution in [-0.2, 0) is 19.0 Å². The molecule has 0 aromatic heterocycles. The van der Waals surface area contributed by atoms with Crippen molar-refractivity contribution in [1.29, 1.82) is 0 Å². The molecule has 0 N–H and O–H groups in total.